The number of ether oxygens (including phenoxy) is 4. The molecule has 3 aromatic rings. The Morgan fingerprint density at radius 3 is 2.57 bits per heavy atom. The molecule has 0 bridgehead atoms. The zero-order valence-electron chi connectivity index (χ0n) is 26.8. The van der Waals surface area contributed by atoms with Crippen molar-refractivity contribution in [2.45, 2.75) is 76.0 Å². The Kier molecular flexibility index (Phi) is 11.3. The molecule has 5 rings (SSSR count). The zero-order valence-corrected chi connectivity index (χ0v) is 27.6. The normalized spacial score (nSPS) is 19.2. The first-order valence-electron chi connectivity index (χ1n) is 15.9. The molecule has 1 saturated carbocycles. The maximum Gasteiger partial charge on any atom is 0.413 e. The molecule has 1 fully saturated rings. The fraction of sp³-hybridized carbons (Fsp3) is 0.562. The summed E-state index contributed by atoms with van der Waals surface area (Å²) in [6, 6.07) is 5.19. The lowest BCUT2D eigenvalue weighted by Gasteiger charge is -2.34. The number of furan rings is 2. The van der Waals surface area contributed by atoms with Gasteiger partial charge in [0.05, 0.1) is 36.0 Å². The second-order valence-corrected chi connectivity index (χ2v) is 14.3. The second kappa shape index (κ2) is 15.4. The van der Waals surface area contributed by atoms with Crippen molar-refractivity contribution in [2.24, 2.45) is 11.8 Å². The van der Waals surface area contributed by atoms with Crippen molar-refractivity contribution in [2.75, 3.05) is 33.0 Å². The van der Waals surface area contributed by atoms with Gasteiger partial charge in [-0.15, -0.1) is 0 Å². The highest BCUT2D eigenvalue weighted by molar-refractivity contribution is 7.89. The van der Waals surface area contributed by atoms with Crippen LogP contribution in [0.25, 0.3) is 11.2 Å². The molecular formula is C32H43N3O11S. The van der Waals surface area contributed by atoms with Crippen molar-refractivity contribution in [1.82, 2.24) is 14.9 Å². The van der Waals surface area contributed by atoms with Gasteiger partial charge in [0.15, 0.2) is 17.2 Å². The van der Waals surface area contributed by atoms with Crippen molar-refractivity contribution >= 4 is 33.2 Å². The molecule has 258 valence electrons. The molecule has 14 nitrogen and oxygen atoms in total. The third kappa shape index (κ3) is 8.97. The first kappa shape index (κ1) is 34.5. The average molecular weight is 678 g/mol. The molecule has 1 aliphatic heterocycles. The van der Waals surface area contributed by atoms with Crippen LogP contribution < -0.4 is 24.8 Å². The zero-order chi connectivity index (χ0) is 33.6. The van der Waals surface area contributed by atoms with E-state index in [9.17, 15) is 23.1 Å². The number of amides is 2. The summed E-state index contributed by atoms with van der Waals surface area (Å²) in [5.41, 5.74) is 0. The molecular weight excluding hydrogens is 634 g/mol. The summed E-state index contributed by atoms with van der Waals surface area (Å²) in [5, 5.41) is 17.6. The molecule has 3 N–H and O–H groups in total. The van der Waals surface area contributed by atoms with E-state index in [1.54, 1.807) is 12.1 Å². The van der Waals surface area contributed by atoms with Crippen molar-refractivity contribution in [3.8, 4) is 17.2 Å². The Hall–Kier alpha value is -3.79. The molecule has 2 aliphatic rings. The predicted octanol–water partition coefficient (Wildman–Crippen LogP) is 4.02. The quantitative estimate of drug-likeness (QED) is 0.198. The predicted molar refractivity (Wildman–Crippen MR) is 169 cm³/mol. The van der Waals surface area contributed by atoms with E-state index in [0.29, 0.717) is 36.5 Å². The number of aliphatic hydroxyl groups is 1. The smallest absolute Gasteiger partial charge is 0.413 e. The van der Waals surface area contributed by atoms with Crippen LogP contribution in [0.15, 0.2) is 50.5 Å². The Labute approximate surface area is 273 Å². The lowest BCUT2D eigenvalue weighted by atomic mass is 9.82. The van der Waals surface area contributed by atoms with E-state index >= 15 is 0 Å². The number of rotatable bonds is 15. The van der Waals surface area contributed by atoms with Gasteiger partial charge in [0, 0.05) is 32.6 Å². The van der Waals surface area contributed by atoms with Crippen LogP contribution >= 0.6 is 0 Å². The van der Waals surface area contributed by atoms with Crippen LogP contribution in [0.4, 0.5) is 4.79 Å². The first-order valence-corrected chi connectivity index (χ1v) is 17.3. The number of fused-ring (bicyclic) bond motifs is 2. The summed E-state index contributed by atoms with van der Waals surface area (Å²) in [7, 11) is -4.06. The van der Waals surface area contributed by atoms with Crippen LogP contribution in [-0.2, 0) is 19.6 Å². The van der Waals surface area contributed by atoms with Gasteiger partial charge in [0.2, 0.25) is 22.7 Å². The molecule has 15 heteroatoms. The van der Waals surface area contributed by atoms with E-state index in [-0.39, 0.29) is 60.2 Å². The molecule has 1 aromatic carbocycles. The number of nitrogens with one attached hydrogen (secondary N) is 2. The average Bonchev–Trinajstić information content (AvgIpc) is 3.78. The Morgan fingerprint density at radius 1 is 1.06 bits per heavy atom. The van der Waals surface area contributed by atoms with E-state index in [1.165, 1.54) is 35.9 Å². The molecule has 2 amide bonds. The molecule has 0 saturated heterocycles. The Morgan fingerprint density at radius 2 is 1.83 bits per heavy atom. The standard InChI is InChI=1S/C32H43N3O11S/c1-20(2)16-35(47(39,40)24-8-9-28-29(15-24)45-19-44-28)17-27(37)26(34-32(38)46-30-18-43-31-25(30)10-12-42-31)14-22-4-6-23(7-5-22)41-13-11-33-21(3)36/h8-10,12,15,18,20,22-23,26-27,37H,4-7,11,13-14,16-17,19H2,1-3H3,(H,33,36)(H,34,38)/t22?,23?,26-,27+/m0/s1. The molecule has 0 radical (unpaired) electrons. The monoisotopic (exact) mass is 677 g/mol. The summed E-state index contributed by atoms with van der Waals surface area (Å²) in [5.74, 6) is 1.12. The number of aliphatic hydroxyl groups excluding tert-OH is 1. The maximum absolute atomic E-state index is 13.9. The van der Waals surface area contributed by atoms with Crippen molar-refractivity contribution in [3.05, 3.63) is 36.8 Å². The summed E-state index contributed by atoms with van der Waals surface area (Å²) in [6.07, 6.45) is 4.16. The number of hydrogen-bond donors (Lipinski definition) is 3. The minimum absolute atomic E-state index is 0.00670. The minimum atomic E-state index is -4.06. The van der Waals surface area contributed by atoms with Crippen LogP contribution in [-0.4, -0.2) is 81.1 Å². The third-order valence-corrected chi connectivity index (χ3v) is 10.1. The van der Waals surface area contributed by atoms with Crippen molar-refractivity contribution < 1.29 is 50.9 Å². The number of carbonyl (C=O) groups is 2. The van der Waals surface area contributed by atoms with Gasteiger partial charge in [0.1, 0.15) is 11.6 Å². The van der Waals surface area contributed by atoms with E-state index < -0.39 is 28.3 Å². The van der Waals surface area contributed by atoms with E-state index in [2.05, 4.69) is 10.6 Å². The number of benzene rings is 1. The second-order valence-electron chi connectivity index (χ2n) is 12.4. The Bertz CT molecular complexity index is 1610. The van der Waals surface area contributed by atoms with E-state index in [0.717, 1.165) is 25.7 Å². The molecule has 1 aliphatic carbocycles. The third-order valence-electron chi connectivity index (χ3n) is 8.29. The number of sulfonamides is 1. The van der Waals surface area contributed by atoms with Crippen LogP contribution in [0.3, 0.4) is 0 Å². The van der Waals surface area contributed by atoms with Gasteiger partial charge >= 0.3 is 11.9 Å². The molecule has 0 unspecified atom stereocenters. The Balaban J connectivity index is 1.28. The van der Waals surface area contributed by atoms with Gasteiger partial charge in [-0.1, -0.05) is 13.8 Å². The summed E-state index contributed by atoms with van der Waals surface area (Å²) < 4.78 is 61.6. The van der Waals surface area contributed by atoms with Gasteiger partial charge in [-0.2, -0.15) is 4.31 Å². The summed E-state index contributed by atoms with van der Waals surface area (Å²) >= 11 is 0. The van der Waals surface area contributed by atoms with Gasteiger partial charge in [-0.05, 0) is 62.1 Å². The fourth-order valence-corrected chi connectivity index (χ4v) is 7.60. The van der Waals surface area contributed by atoms with Gasteiger partial charge in [0.25, 0.3) is 0 Å². The highest BCUT2D eigenvalue weighted by Crippen LogP contribution is 2.35. The van der Waals surface area contributed by atoms with Crippen molar-refractivity contribution in [1.29, 1.82) is 0 Å². The number of nitrogens with zero attached hydrogens (tertiary/aromatic N) is 1. The van der Waals surface area contributed by atoms with Gasteiger partial charge in [-0.25, -0.2) is 13.2 Å². The maximum atomic E-state index is 13.9. The number of carbonyl (C=O) groups excluding carboxylic acids is 2. The van der Waals surface area contributed by atoms with Crippen LogP contribution in [0.1, 0.15) is 52.9 Å². The largest absolute Gasteiger partial charge is 0.454 e. The highest BCUT2D eigenvalue weighted by atomic mass is 32.2. The topological polar surface area (TPSA) is 179 Å². The molecule has 47 heavy (non-hydrogen) atoms. The number of hydrogen-bond acceptors (Lipinski definition) is 11. The highest BCUT2D eigenvalue weighted by Gasteiger charge is 2.34. The summed E-state index contributed by atoms with van der Waals surface area (Å²) in [6.45, 7) is 5.98. The molecule has 2 atom stereocenters. The lowest BCUT2D eigenvalue weighted by Crippen LogP contribution is -2.51. The first-order chi connectivity index (χ1) is 22.5. The van der Waals surface area contributed by atoms with E-state index in [1.807, 2.05) is 13.8 Å². The molecule has 2 aromatic heterocycles. The fourth-order valence-electron chi connectivity index (χ4n) is 5.96. The summed E-state index contributed by atoms with van der Waals surface area (Å²) in [4.78, 5) is 24.3. The minimum Gasteiger partial charge on any atom is -0.454 e. The van der Waals surface area contributed by atoms with Gasteiger partial charge < -0.3 is 43.5 Å². The van der Waals surface area contributed by atoms with E-state index in [4.69, 9.17) is 27.8 Å². The van der Waals surface area contributed by atoms with Crippen LogP contribution in [0.2, 0.25) is 0 Å². The van der Waals surface area contributed by atoms with Crippen LogP contribution in [0, 0.1) is 11.8 Å². The lowest BCUT2D eigenvalue weighted by molar-refractivity contribution is -0.119. The molecule has 3 heterocycles. The van der Waals surface area contributed by atoms with Crippen molar-refractivity contribution in [3.63, 3.8) is 0 Å². The SMILES string of the molecule is CC(=O)NCCOC1CCC(C[C@H](NC(=O)Oc2coc3occc23)[C@H](O)CN(CC(C)C)S(=O)(=O)c2ccc3c(c2)OCO3)CC1. The van der Waals surface area contributed by atoms with Crippen LogP contribution in [0.5, 0.6) is 17.2 Å². The van der Waals surface area contributed by atoms with Gasteiger partial charge in [-0.3, -0.25) is 4.79 Å². The molecule has 0 spiro atoms.